The van der Waals surface area contributed by atoms with E-state index in [1.807, 2.05) is 49.5 Å². The van der Waals surface area contributed by atoms with Gasteiger partial charge in [0.2, 0.25) is 0 Å². The fraction of sp³-hybridized carbons (Fsp3) is 0.417. The molecule has 0 spiro atoms. The van der Waals surface area contributed by atoms with Crippen molar-refractivity contribution in [3.63, 3.8) is 0 Å². The van der Waals surface area contributed by atoms with E-state index in [1.165, 1.54) is 10.5 Å². The third kappa shape index (κ3) is 7.70. The first-order valence-electron chi connectivity index (χ1n) is 10.8. The first kappa shape index (κ1) is 22.8. The second kappa shape index (κ2) is 12.1. The molecule has 0 radical (unpaired) electrons. The molecule has 1 saturated heterocycles. The summed E-state index contributed by atoms with van der Waals surface area (Å²) in [5.41, 5.74) is 2.77. The maximum Gasteiger partial charge on any atom is 0.338 e. The molecule has 166 valence electrons. The van der Waals surface area contributed by atoms with Gasteiger partial charge in [0, 0.05) is 31.4 Å². The number of esters is 1. The lowest BCUT2D eigenvalue weighted by molar-refractivity contribution is -0.921. The number of ether oxygens (including phenoxy) is 2. The highest BCUT2D eigenvalue weighted by molar-refractivity contribution is 5.91. The van der Waals surface area contributed by atoms with Crippen molar-refractivity contribution in [2.45, 2.75) is 13.0 Å². The molecule has 1 fully saturated rings. The van der Waals surface area contributed by atoms with Crippen LogP contribution in [-0.4, -0.2) is 64.9 Å². The number of rotatable bonds is 10. The molecule has 1 aliphatic heterocycles. The molecule has 2 N–H and O–H groups in total. The van der Waals surface area contributed by atoms with E-state index in [9.17, 15) is 9.59 Å². The number of hydrogen-bond acceptors (Lipinski definition) is 5. The Morgan fingerprint density at radius 3 is 2.48 bits per heavy atom. The third-order valence-electron chi connectivity index (χ3n) is 5.37. The van der Waals surface area contributed by atoms with Crippen LogP contribution in [0.4, 0.5) is 5.69 Å². The molecule has 0 aliphatic carbocycles. The molecule has 3 rings (SSSR count). The van der Waals surface area contributed by atoms with Crippen LogP contribution in [0.5, 0.6) is 0 Å². The summed E-state index contributed by atoms with van der Waals surface area (Å²) >= 11 is 0. The first-order chi connectivity index (χ1) is 15.1. The summed E-state index contributed by atoms with van der Waals surface area (Å²) in [7, 11) is 2.02. The topological polar surface area (TPSA) is 72.3 Å². The number of amides is 1. The van der Waals surface area contributed by atoms with Crippen molar-refractivity contribution < 1.29 is 24.0 Å². The van der Waals surface area contributed by atoms with Gasteiger partial charge < -0.3 is 24.6 Å². The summed E-state index contributed by atoms with van der Waals surface area (Å²) in [5.74, 6) is -0.771. The minimum Gasteiger partial charge on any atom is -0.452 e. The molecule has 0 atom stereocenters. The number of para-hydroxylation sites is 1. The highest BCUT2D eigenvalue weighted by Crippen LogP contribution is 2.10. The van der Waals surface area contributed by atoms with Crippen LogP contribution >= 0.6 is 0 Å². The van der Waals surface area contributed by atoms with Crippen LogP contribution < -0.4 is 15.1 Å². The highest BCUT2D eigenvalue weighted by Gasteiger charge is 2.15. The summed E-state index contributed by atoms with van der Waals surface area (Å²) in [6.07, 6.45) is 0.803. The van der Waals surface area contributed by atoms with E-state index < -0.39 is 5.97 Å². The van der Waals surface area contributed by atoms with Gasteiger partial charge in [-0.05, 0) is 30.7 Å². The number of benzene rings is 2. The molecule has 2 aromatic carbocycles. The summed E-state index contributed by atoms with van der Waals surface area (Å²) in [6, 6.07) is 17.5. The number of nitrogens with zero attached hydrogens (tertiary/aromatic N) is 1. The van der Waals surface area contributed by atoms with Gasteiger partial charge in [-0.25, -0.2) is 4.79 Å². The predicted octanol–water partition coefficient (Wildman–Crippen LogP) is 0.901. The molecule has 0 aromatic heterocycles. The molecule has 1 aliphatic rings. The van der Waals surface area contributed by atoms with Gasteiger partial charge in [-0.15, -0.1) is 0 Å². The standard InChI is InChI=1S/C24H31N3O4/c1-26(22-6-3-2-4-7-22)13-5-12-25-23(28)19-31-24(29)21-10-8-20(9-11-21)18-27-14-16-30-17-15-27/h2-4,6-11H,5,12-19H2,1H3,(H,25,28)/p+1. The van der Waals surface area contributed by atoms with E-state index in [-0.39, 0.29) is 12.5 Å². The smallest absolute Gasteiger partial charge is 0.338 e. The van der Waals surface area contributed by atoms with E-state index in [1.54, 1.807) is 12.1 Å². The Morgan fingerprint density at radius 1 is 1.06 bits per heavy atom. The van der Waals surface area contributed by atoms with Crippen molar-refractivity contribution in [3.05, 3.63) is 65.7 Å². The second-order valence-corrected chi connectivity index (χ2v) is 7.77. The Kier molecular flexibility index (Phi) is 8.87. The van der Waals surface area contributed by atoms with Gasteiger partial charge in [0.25, 0.3) is 5.91 Å². The molecular formula is C24H32N3O4+. The monoisotopic (exact) mass is 426 g/mol. The Balaban J connectivity index is 1.31. The van der Waals surface area contributed by atoms with Crippen molar-refractivity contribution in [1.29, 1.82) is 0 Å². The molecule has 7 nitrogen and oxygen atoms in total. The molecule has 2 aromatic rings. The zero-order valence-corrected chi connectivity index (χ0v) is 18.1. The number of hydrogen-bond donors (Lipinski definition) is 2. The Hall–Kier alpha value is -2.90. The van der Waals surface area contributed by atoms with E-state index >= 15 is 0 Å². The Bertz CT molecular complexity index is 820. The molecule has 0 bridgehead atoms. The zero-order valence-electron chi connectivity index (χ0n) is 18.1. The van der Waals surface area contributed by atoms with E-state index in [0.717, 1.165) is 51.5 Å². The molecular weight excluding hydrogens is 394 g/mol. The molecule has 31 heavy (non-hydrogen) atoms. The zero-order chi connectivity index (χ0) is 21.9. The third-order valence-corrected chi connectivity index (χ3v) is 5.37. The predicted molar refractivity (Wildman–Crippen MR) is 119 cm³/mol. The fourth-order valence-electron chi connectivity index (χ4n) is 3.51. The van der Waals surface area contributed by atoms with Crippen LogP contribution in [0.3, 0.4) is 0 Å². The van der Waals surface area contributed by atoms with E-state index in [4.69, 9.17) is 9.47 Å². The van der Waals surface area contributed by atoms with Gasteiger partial charge in [-0.3, -0.25) is 4.79 Å². The average molecular weight is 427 g/mol. The Morgan fingerprint density at radius 2 is 1.77 bits per heavy atom. The molecule has 7 heteroatoms. The number of nitrogens with one attached hydrogen (secondary N) is 2. The second-order valence-electron chi connectivity index (χ2n) is 7.77. The van der Waals surface area contributed by atoms with Crippen LogP contribution in [-0.2, 0) is 20.8 Å². The summed E-state index contributed by atoms with van der Waals surface area (Å²) in [4.78, 5) is 27.8. The van der Waals surface area contributed by atoms with Crippen molar-refractivity contribution in [2.75, 3.05) is 57.9 Å². The number of carbonyl (C=O) groups excluding carboxylic acids is 2. The number of carbonyl (C=O) groups is 2. The number of anilines is 1. The van der Waals surface area contributed by atoms with Crippen LogP contribution in [0.25, 0.3) is 0 Å². The fourth-order valence-corrected chi connectivity index (χ4v) is 3.51. The van der Waals surface area contributed by atoms with Crippen molar-refractivity contribution >= 4 is 17.6 Å². The van der Waals surface area contributed by atoms with Crippen LogP contribution in [0.1, 0.15) is 22.3 Å². The molecule has 1 heterocycles. The lowest BCUT2D eigenvalue weighted by Crippen LogP contribution is -3.12. The minimum atomic E-state index is -0.482. The van der Waals surface area contributed by atoms with Crippen molar-refractivity contribution in [1.82, 2.24) is 5.32 Å². The van der Waals surface area contributed by atoms with Crippen LogP contribution in [0, 0.1) is 0 Å². The van der Waals surface area contributed by atoms with E-state index in [2.05, 4.69) is 10.2 Å². The number of morpholine rings is 1. The minimum absolute atomic E-state index is 0.271. The van der Waals surface area contributed by atoms with Crippen molar-refractivity contribution in [3.8, 4) is 0 Å². The summed E-state index contributed by atoms with van der Waals surface area (Å²) < 4.78 is 10.5. The maximum atomic E-state index is 12.2. The SMILES string of the molecule is CN(CCCNC(=O)COC(=O)c1ccc(C[NH+]2CCOCC2)cc1)c1ccccc1. The lowest BCUT2D eigenvalue weighted by atomic mass is 10.1. The Labute approximate surface area is 183 Å². The van der Waals surface area contributed by atoms with Gasteiger partial charge in [0.05, 0.1) is 18.8 Å². The van der Waals surface area contributed by atoms with Gasteiger partial charge in [0.15, 0.2) is 6.61 Å². The quantitative estimate of drug-likeness (QED) is 0.436. The van der Waals surface area contributed by atoms with Crippen molar-refractivity contribution in [2.24, 2.45) is 0 Å². The lowest BCUT2D eigenvalue weighted by Gasteiger charge is -2.23. The van der Waals surface area contributed by atoms with Gasteiger partial charge in [0.1, 0.15) is 19.6 Å². The van der Waals surface area contributed by atoms with Gasteiger partial charge in [-0.1, -0.05) is 30.3 Å². The highest BCUT2D eigenvalue weighted by atomic mass is 16.5. The average Bonchev–Trinajstić information content (AvgIpc) is 2.82. The normalized spacial score (nSPS) is 14.1. The van der Waals surface area contributed by atoms with Crippen LogP contribution in [0.2, 0.25) is 0 Å². The first-order valence-corrected chi connectivity index (χ1v) is 10.8. The number of quaternary nitrogens is 1. The summed E-state index contributed by atoms with van der Waals surface area (Å²) in [5, 5.41) is 2.80. The largest absolute Gasteiger partial charge is 0.452 e. The van der Waals surface area contributed by atoms with E-state index in [0.29, 0.717) is 12.1 Å². The van der Waals surface area contributed by atoms with Crippen LogP contribution in [0.15, 0.2) is 54.6 Å². The van der Waals surface area contributed by atoms with Gasteiger partial charge >= 0.3 is 5.97 Å². The molecule has 0 unspecified atom stereocenters. The summed E-state index contributed by atoms with van der Waals surface area (Å²) in [6.45, 7) is 5.60. The maximum absolute atomic E-state index is 12.2. The molecule has 1 amide bonds. The molecule has 0 saturated carbocycles. The van der Waals surface area contributed by atoms with Gasteiger partial charge in [-0.2, -0.15) is 0 Å².